The molecule has 0 fully saturated rings. The van der Waals surface area contributed by atoms with Crippen molar-refractivity contribution in [2.45, 2.75) is 26.8 Å². The van der Waals surface area contributed by atoms with Crippen molar-refractivity contribution in [1.29, 1.82) is 0 Å². The molecule has 1 rings (SSSR count). The number of carbonyl (C=O) groups excluding carboxylic acids is 1. The van der Waals surface area contributed by atoms with E-state index < -0.39 is 21.3 Å². The highest BCUT2D eigenvalue weighted by atomic mass is 35.5. The van der Waals surface area contributed by atoms with Crippen LogP contribution in [0.4, 0.5) is 5.69 Å². The van der Waals surface area contributed by atoms with Crippen molar-refractivity contribution in [2.24, 2.45) is 0 Å². The lowest BCUT2D eigenvalue weighted by Gasteiger charge is -2.28. The Labute approximate surface area is 113 Å². The van der Waals surface area contributed by atoms with Gasteiger partial charge in [-0.25, -0.2) is 8.42 Å². The van der Waals surface area contributed by atoms with Crippen molar-refractivity contribution in [2.75, 3.05) is 10.6 Å². The molecule has 0 aliphatic carbocycles. The Kier molecular flexibility index (Phi) is 4.40. The summed E-state index contributed by atoms with van der Waals surface area (Å²) < 4.78 is 24.8. The molecule has 0 aliphatic heterocycles. The maximum absolute atomic E-state index is 11.9. The molecule has 0 spiro atoms. The third-order valence-corrected chi connectivity index (χ3v) is 4.18. The number of hydrogen-bond donors (Lipinski definition) is 0. The van der Waals surface area contributed by atoms with E-state index in [4.69, 9.17) is 11.6 Å². The number of aryl methyl sites for hydroxylation is 2. The molecule has 18 heavy (non-hydrogen) atoms. The van der Waals surface area contributed by atoms with Crippen LogP contribution in [0.2, 0.25) is 0 Å². The standard InChI is InChI=1S/C12H16ClNO3S/c1-8-5-6-9(2)11(7-8)14(18(4,16)17)10(3)12(13)15/h5-7,10H,1-4H3. The maximum atomic E-state index is 11.9. The molecular weight excluding hydrogens is 274 g/mol. The fraction of sp³-hybridized carbons (Fsp3) is 0.417. The van der Waals surface area contributed by atoms with Gasteiger partial charge in [-0.15, -0.1) is 0 Å². The highest BCUT2D eigenvalue weighted by Gasteiger charge is 2.29. The summed E-state index contributed by atoms with van der Waals surface area (Å²) in [4.78, 5) is 11.3. The van der Waals surface area contributed by atoms with E-state index in [0.29, 0.717) is 5.69 Å². The molecule has 4 nitrogen and oxygen atoms in total. The van der Waals surface area contributed by atoms with Gasteiger partial charge in [0.05, 0.1) is 11.9 Å². The van der Waals surface area contributed by atoms with Crippen LogP contribution >= 0.6 is 11.6 Å². The Morgan fingerprint density at radius 1 is 1.33 bits per heavy atom. The number of halogens is 1. The first kappa shape index (κ1) is 15.0. The molecule has 0 radical (unpaired) electrons. The molecule has 0 aliphatic rings. The highest BCUT2D eigenvalue weighted by Crippen LogP contribution is 2.26. The number of sulfonamides is 1. The minimum atomic E-state index is -3.57. The average Bonchev–Trinajstić information content (AvgIpc) is 2.21. The summed E-state index contributed by atoms with van der Waals surface area (Å²) in [5.41, 5.74) is 2.17. The van der Waals surface area contributed by atoms with E-state index >= 15 is 0 Å². The third-order valence-electron chi connectivity index (χ3n) is 2.64. The van der Waals surface area contributed by atoms with E-state index in [1.807, 2.05) is 19.1 Å². The third kappa shape index (κ3) is 3.23. The minimum absolute atomic E-state index is 0.485. The molecule has 0 aromatic heterocycles. The topological polar surface area (TPSA) is 54.5 Å². The van der Waals surface area contributed by atoms with Crippen molar-refractivity contribution in [3.63, 3.8) is 0 Å². The zero-order valence-corrected chi connectivity index (χ0v) is 12.3. The smallest absolute Gasteiger partial charge is 0.245 e. The Bertz CT molecular complexity index is 569. The molecule has 100 valence electrons. The lowest BCUT2D eigenvalue weighted by atomic mass is 10.1. The Morgan fingerprint density at radius 3 is 2.33 bits per heavy atom. The fourth-order valence-corrected chi connectivity index (χ4v) is 3.10. The van der Waals surface area contributed by atoms with Gasteiger partial charge in [0.2, 0.25) is 15.3 Å². The molecule has 1 atom stereocenters. The highest BCUT2D eigenvalue weighted by molar-refractivity contribution is 7.92. The van der Waals surface area contributed by atoms with Crippen LogP contribution in [-0.2, 0) is 14.8 Å². The summed E-state index contributed by atoms with van der Waals surface area (Å²) in [5, 5.41) is -0.707. The first-order valence-electron chi connectivity index (χ1n) is 5.40. The van der Waals surface area contributed by atoms with E-state index in [2.05, 4.69) is 0 Å². The number of rotatable bonds is 4. The van der Waals surface area contributed by atoms with E-state index in [1.54, 1.807) is 13.0 Å². The van der Waals surface area contributed by atoms with Gasteiger partial charge in [-0.1, -0.05) is 12.1 Å². The summed E-state index contributed by atoms with van der Waals surface area (Å²) in [5.74, 6) is 0. The molecular formula is C12H16ClNO3S. The predicted molar refractivity (Wildman–Crippen MR) is 73.6 cm³/mol. The van der Waals surface area contributed by atoms with Crippen LogP contribution in [0.25, 0.3) is 0 Å². The number of hydrogen-bond acceptors (Lipinski definition) is 3. The monoisotopic (exact) mass is 289 g/mol. The summed E-state index contributed by atoms with van der Waals surface area (Å²) in [6.07, 6.45) is 1.06. The summed E-state index contributed by atoms with van der Waals surface area (Å²) in [7, 11) is -3.57. The van der Waals surface area contributed by atoms with E-state index in [-0.39, 0.29) is 0 Å². The van der Waals surface area contributed by atoms with Gasteiger partial charge in [-0.05, 0) is 49.6 Å². The molecule has 1 unspecified atom stereocenters. The van der Waals surface area contributed by atoms with Crippen molar-refractivity contribution >= 4 is 32.6 Å². The van der Waals surface area contributed by atoms with E-state index in [9.17, 15) is 13.2 Å². The zero-order valence-electron chi connectivity index (χ0n) is 10.8. The SMILES string of the molecule is Cc1ccc(C)c(N(C(C)C(=O)Cl)S(C)(=O)=O)c1. The number of carbonyl (C=O) groups is 1. The van der Waals surface area contributed by atoms with Gasteiger partial charge in [0, 0.05) is 0 Å². The Balaban J connectivity index is 3.45. The second-order valence-corrected chi connectivity index (χ2v) is 6.56. The van der Waals surface area contributed by atoms with Crippen LogP contribution in [0.5, 0.6) is 0 Å². The number of nitrogens with zero attached hydrogens (tertiary/aromatic N) is 1. The van der Waals surface area contributed by atoms with E-state index in [0.717, 1.165) is 21.7 Å². The van der Waals surface area contributed by atoms with Crippen LogP contribution in [0, 0.1) is 13.8 Å². The van der Waals surface area contributed by atoms with Gasteiger partial charge >= 0.3 is 0 Å². The van der Waals surface area contributed by atoms with Crippen molar-refractivity contribution < 1.29 is 13.2 Å². The summed E-state index contributed by atoms with van der Waals surface area (Å²) >= 11 is 5.43. The van der Waals surface area contributed by atoms with Crippen LogP contribution in [0.15, 0.2) is 18.2 Å². The lowest BCUT2D eigenvalue weighted by Crippen LogP contribution is -2.41. The van der Waals surface area contributed by atoms with Gasteiger partial charge in [-0.3, -0.25) is 9.10 Å². The molecule has 0 saturated heterocycles. The maximum Gasteiger partial charge on any atom is 0.245 e. The van der Waals surface area contributed by atoms with Gasteiger partial charge < -0.3 is 0 Å². The normalized spacial score (nSPS) is 13.2. The van der Waals surface area contributed by atoms with Crippen LogP contribution < -0.4 is 4.31 Å². The summed E-state index contributed by atoms with van der Waals surface area (Å²) in [6, 6.07) is 4.50. The van der Waals surface area contributed by atoms with Gasteiger partial charge in [0.25, 0.3) is 0 Å². The van der Waals surface area contributed by atoms with Crippen molar-refractivity contribution in [3.05, 3.63) is 29.3 Å². The van der Waals surface area contributed by atoms with Gasteiger partial charge in [0.1, 0.15) is 6.04 Å². The molecule has 0 heterocycles. The molecule has 6 heteroatoms. The largest absolute Gasteiger partial charge is 0.279 e. The molecule has 0 amide bonds. The molecule has 0 saturated carbocycles. The van der Waals surface area contributed by atoms with Gasteiger partial charge in [-0.2, -0.15) is 0 Å². The van der Waals surface area contributed by atoms with Crippen LogP contribution in [0.1, 0.15) is 18.1 Å². The molecule has 1 aromatic carbocycles. The first-order chi connectivity index (χ1) is 8.14. The minimum Gasteiger partial charge on any atom is -0.279 e. The molecule has 0 N–H and O–H groups in total. The average molecular weight is 290 g/mol. The lowest BCUT2D eigenvalue weighted by molar-refractivity contribution is -0.112. The number of anilines is 1. The molecule has 1 aromatic rings. The first-order valence-corrected chi connectivity index (χ1v) is 7.63. The Hall–Kier alpha value is -1.07. The van der Waals surface area contributed by atoms with E-state index in [1.165, 1.54) is 6.92 Å². The predicted octanol–water partition coefficient (Wildman–Crippen LogP) is 2.22. The van der Waals surface area contributed by atoms with Crippen molar-refractivity contribution in [3.8, 4) is 0 Å². The fourth-order valence-electron chi connectivity index (χ4n) is 1.72. The second kappa shape index (κ2) is 5.28. The van der Waals surface area contributed by atoms with Gasteiger partial charge in [0.15, 0.2) is 0 Å². The molecule has 0 bridgehead atoms. The van der Waals surface area contributed by atoms with Crippen molar-refractivity contribution in [1.82, 2.24) is 0 Å². The Morgan fingerprint density at radius 2 is 1.89 bits per heavy atom. The van der Waals surface area contributed by atoms with Crippen LogP contribution in [0.3, 0.4) is 0 Å². The zero-order chi connectivity index (χ0) is 14.1. The number of benzene rings is 1. The quantitative estimate of drug-likeness (QED) is 0.799. The second-order valence-electron chi connectivity index (χ2n) is 4.33. The summed E-state index contributed by atoms with van der Waals surface area (Å²) in [6.45, 7) is 5.12. The van der Waals surface area contributed by atoms with Crippen LogP contribution in [-0.4, -0.2) is 26.0 Å².